The van der Waals surface area contributed by atoms with Crippen molar-refractivity contribution in [3.8, 4) is 11.5 Å². The molecule has 0 fully saturated rings. The molecule has 1 heterocycles. The molecule has 0 bridgehead atoms. The van der Waals surface area contributed by atoms with Crippen molar-refractivity contribution in [2.24, 2.45) is 5.73 Å². The molecular weight excluding hydrogens is 332 g/mol. The lowest BCUT2D eigenvalue weighted by Gasteiger charge is -2.11. The van der Waals surface area contributed by atoms with Crippen LogP contribution in [0.15, 0.2) is 34.8 Å². The van der Waals surface area contributed by atoms with Gasteiger partial charge in [0.2, 0.25) is 5.91 Å². The Morgan fingerprint density at radius 2 is 1.81 bits per heavy atom. The number of nitrogens with one attached hydrogen (secondary N) is 1. The molecule has 0 radical (unpaired) electrons. The van der Waals surface area contributed by atoms with E-state index in [-0.39, 0.29) is 5.91 Å². The van der Waals surface area contributed by atoms with E-state index >= 15 is 0 Å². The average Bonchev–Trinajstić information content (AvgIpc) is 2.71. The fourth-order valence-electron chi connectivity index (χ4n) is 2.43. The summed E-state index contributed by atoms with van der Waals surface area (Å²) in [5.41, 5.74) is 9.54. The number of carbonyl (C=O) groups excluding carboxylic acids is 1. The van der Waals surface area contributed by atoms with Crippen LogP contribution in [0, 0.1) is 13.8 Å². The molecular formula is C16H15BrN2O2. The zero-order chi connectivity index (χ0) is 15.1. The molecule has 0 aromatic heterocycles. The lowest BCUT2D eigenvalue weighted by atomic mass is 10.1. The fraction of sp³-hybridized carbons (Fsp3) is 0.188. The number of nitrogens with two attached hydrogens (primary N) is 1. The van der Waals surface area contributed by atoms with Crippen molar-refractivity contribution < 1.29 is 9.53 Å². The molecule has 0 spiro atoms. The highest BCUT2D eigenvalue weighted by atomic mass is 79.9. The first-order chi connectivity index (χ1) is 9.95. The largest absolute Gasteiger partial charge is 0.457 e. The number of hydrogen-bond donors (Lipinski definition) is 2. The smallest absolute Gasteiger partial charge is 0.245 e. The molecule has 4 nitrogen and oxygen atoms in total. The summed E-state index contributed by atoms with van der Waals surface area (Å²) in [6.07, 6.45) is 0. The van der Waals surface area contributed by atoms with Gasteiger partial charge in [-0.25, -0.2) is 0 Å². The Morgan fingerprint density at radius 1 is 1.14 bits per heavy atom. The van der Waals surface area contributed by atoms with Crippen LogP contribution in [0.4, 0.5) is 5.69 Å². The van der Waals surface area contributed by atoms with Crippen LogP contribution in [0.3, 0.4) is 0 Å². The molecule has 1 aliphatic heterocycles. The molecule has 0 saturated heterocycles. The van der Waals surface area contributed by atoms with Crippen LogP contribution in [0.5, 0.6) is 11.5 Å². The van der Waals surface area contributed by atoms with E-state index in [0.717, 1.165) is 32.6 Å². The Bertz CT molecular complexity index is 720. The van der Waals surface area contributed by atoms with Gasteiger partial charge in [0, 0.05) is 21.8 Å². The third kappa shape index (κ3) is 2.54. The summed E-state index contributed by atoms with van der Waals surface area (Å²) in [4.78, 5) is 11.5. The van der Waals surface area contributed by atoms with Gasteiger partial charge in [-0.05, 0) is 43.2 Å². The standard InChI is InChI=1S/C16H15BrN2O2/c1-8-5-11(6-9(2)14(8)17)21-10-3-4-12-13(7-10)19-16(20)15(12)18/h3-7,15H,18H2,1-2H3,(H,19,20). The highest BCUT2D eigenvalue weighted by Crippen LogP contribution is 2.35. The predicted molar refractivity (Wildman–Crippen MR) is 85.7 cm³/mol. The summed E-state index contributed by atoms with van der Waals surface area (Å²) in [5.74, 6) is 1.25. The number of halogens is 1. The number of carbonyl (C=O) groups is 1. The number of fused-ring (bicyclic) bond motifs is 1. The van der Waals surface area contributed by atoms with Gasteiger partial charge < -0.3 is 15.8 Å². The Balaban J connectivity index is 1.90. The Hall–Kier alpha value is -1.85. The molecule has 5 heteroatoms. The minimum absolute atomic E-state index is 0.183. The summed E-state index contributed by atoms with van der Waals surface area (Å²) >= 11 is 3.54. The number of ether oxygens (including phenoxy) is 1. The van der Waals surface area contributed by atoms with Gasteiger partial charge in [0.15, 0.2) is 0 Å². The van der Waals surface area contributed by atoms with Gasteiger partial charge >= 0.3 is 0 Å². The number of hydrogen-bond acceptors (Lipinski definition) is 3. The summed E-state index contributed by atoms with van der Waals surface area (Å²) in [7, 11) is 0. The Kier molecular flexibility index (Phi) is 3.47. The summed E-state index contributed by atoms with van der Waals surface area (Å²) in [6, 6.07) is 8.79. The molecule has 21 heavy (non-hydrogen) atoms. The van der Waals surface area contributed by atoms with Gasteiger partial charge in [0.05, 0.1) is 0 Å². The van der Waals surface area contributed by atoms with E-state index in [4.69, 9.17) is 10.5 Å². The molecule has 1 amide bonds. The topological polar surface area (TPSA) is 64.3 Å². The van der Waals surface area contributed by atoms with E-state index in [2.05, 4.69) is 21.2 Å². The molecule has 1 atom stereocenters. The van der Waals surface area contributed by atoms with E-state index in [1.807, 2.05) is 38.1 Å². The number of amides is 1. The van der Waals surface area contributed by atoms with Gasteiger partial charge in [-0.3, -0.25) is 4.79 Å². The quantitative estimate of drug-likeness (QED) is 0.868. The molecule has 0 aliphatic carbocycles. The zero-order valence-corrected chi connectivity index (χ0v) is 13.3. The van der Waals surface area contributed by atoms with Crippen molar-refractivity contribution in [3.05, 3.63) is 51.5 Å². The molecule has 1 aliphatic rings. The predicted octanol–water partition coefficient (Wildman–Crippen LogP) is 3.81. The van der Waals surface area contributed by atoms with Gasteiger partial charge in [0.25, 0.3) is 0 Å². The summed E-state index contributed by atoms with van der Waals surface area (Å²) in [5, 5.41) is 2.75. The second-order valence-corrected chi connectivity index (χ2v) is 5.98. The van der Waals surface area contributed by atoms with Crippen molar-refractivity contribution in [3.63, 3.8) is 0 Å². The number of benzene rings is 2. The minimum Gasteiger partial charge on any atom is -0.457 e. The Labute approximate surface area is 131 Å². The fourth-order valence-corrected chi connectivity index (χ4v) is 2.66. The molecule has 2 aromatic rings. The molecule has 3 N–H and O–H groups in total. The van der Waals surface area contributed by atoms with Crippen LogP contribution in [0.2, 0.25) is 0 Å². The lowest BCUT2D eigenvalue weighted by Crippen LogP contribution is -2.19. The van der Waals surface area contributed by atoms with Crippen LogP contribution in [0.25, 0.3) is 0 Å². The Morgan fingerprint density at radius 3 is 2.48 bits per heavy atom. The van der Waals surface area contributed by atoms with Crippen molar-refractivity contribution in [1.29, 1.82) is 0 Å². The van der Waals surface area contributed by atoms with E-state index in [9.17, 15) is 4.79 Å². The molecule has 1 unspecified atom stereocenters. The van der Waals surface area contributed by atoms with Crippen molar-refractivity contribution in [2.45, 2.75) is 19.9 Å². The van der Waals surface area contributed by atoms with Crippen molar-refractivity contribution in [1.82, 2.24) is 0 Å². The third-order valence-corrected chi connectivity index (χ3v) is 4.80. The molecule has 0 saturated carbocycles. The first kappa shape index (κ1) is 14.1. The van der Waals surface area contributed by atoms with Crippen LogP contribution in [0.1, 0.15) is 22.7 Å². The molecule has 3 rings (SSSR count). The maximum atomic E-state index is 11.5. The normalized spacial score (nSPS) is 16.6. The SMILES string of the molecule is Cc1cc(Oc2ccc3c(c2)NC(=O)C3N)cc(C)c1Br. The lowest BCUT2D eigenvalue weighted by molar-refractivity contribution is -0.116. The summed E-state index contributed by atoms with van der Waals surface area (Å²) < 4.78 is 6.96. The van der Waals surface area contributed by atoms with Crippen molar-refractivity contribution >= 4 is 27.5 Å². The van der Waals surface area contributed by atoms with Gasteiger partial charge in [0.1, 0.15) is 17.5 Å². The number of anilines is 1. The second-order valence-electron chi connectivity index (χ2n) is 5.19. The van der Waals surface area contributed by atoms with E-state index in [1.165, 1.54) is 0 Å². The van der Waals surface area contributed by atoms with E-state index in [0.29, 0.717) is 5.75 Å². The average molecular weight is 347 g/mol. The molecule has 108 valence electrons. The van der Waals surface area contributed by atoms with Crippen LogP contribution in [-0.4, -0.2) is 5.91 Å². The monoisotopic (exact) mass is 346 g/mol. The number of aryl methyl sites for hydroxylation is 2. The molecule has 2 aromatic carbocycles. The van der Waals surface area contributed by atoms with E-state index < -0.39 is 6.04 Å². The van der Waals surface area contributed by atoms with Crippen LogP contribution >= 0.6 is 15.9 Å². The zero-order valence-electron chi connectivity index (χ0n) is 11.7. The highest BCUT2D eigenvalue weighted by Gasteiger charge is 2.27. The first-order valence-corrected chi connectivity index (χ1v) is 7.40. The minimum atomic E-state index is -0.591. The third-order valence-electron chi connectivity index (χ3n) is 3.55. The first-order valence-electron chi connectivity index (χ1n) is 6.60. The second kappa shape index (κ2) is 5.16. The maximum Gasteiger partial charge on any atom is 0.245 e. The van der Waals surface area contributed by atoms with Crippen molar-refractivity contribution in [2.75, 3.05) is 5.32 Å². The van der Waals surface area contributed by atoms with Crippen LogP contribution in [-0.2, 0) is 4.79 Å². The van der Waals surface area contributed by atoms with E-state index in [1.54, 1.807) is 6.07 Å². The highest BCUT2D eigenvalue weighted by molar-refractivity contribution is 9.10. The van der Waals surface area contributed by atoms with Crippen LogP contribution < -0.4 is 15.8 Å². The maximum absolute atomic E-state index is 11.5. The van der Waals surface area contributed by atoms with Gasteiger partial charge in [-0.15, -0.1) is 0 Å². The van der Waals surface area contributed by atoms with Gasteiger partial charge in [-0.2, -0.15) is 0 Å². The summed E-state index contributed by atoms with van der Waals surface area (Å²) in [6.45, 7) is 4.04. The van der Waals surface area contributed by atoms with Gasteiger partial charge in [-0.1, -0.05) is 22.0 Å². The number of rotatable bonds is 2.